The van der Waals surface area contributed by atoms with Gasteiger partial charge < -0.3 is 5.73 Å². The molecule has 0 spiro atoms. The van der Waals surface area contributed by atoms with Crippen molar-refractivity contribution in [2.24, 2.45) is 0 Å². The minimum Gasteiger partial charge on any atom is -0.368 e. The van der Waals surface area contributed by atoms with Crippen molar-refractivity contribution in [2.75, 3.05) is 5.73 Å². The maximum atomic E-state index is 5.68. The fraction of sp³-hybridized carbons (Fsp3) is 0.111. The number of nitrogen functional groups attached to an aromatic ring is 1. The molecule has 0 aliphatic rings. The van der Waals surface area contributed by atoms with Gasteiger partial charge in [-0.15, -0.1) is 11.3 Å². The van der Waals surface area contributed by atoms with E-state index in [1.165, 1.54) is 0 Å². The number of aromatic nitrogens is 5. The van der Waals surface area contributed by atoms with Crippen LogP contribution in [0.25, 0.3) is 16.7 Å². The second-order valence-corrected chi connectivity index (χ2v) is 6.39. The summed E-state index contributed by atoms with van der Waals surface area (Å²) in [4.78, 5) is 12.5. The molecule has 0 bridgehead atoms. The first-order valence-corrected chi connectivity index (χ1v) is 8.56. The highest BCUT2D eigenvalue weighted by Gasteiger charge is 2.08. The first-order chi connectivity index (χ1) is 12.2. The van der Waals surface area contributed by atoms with Gasteiger partial charge >= 0.3 is 0 Å². The molecule has 1 aromatic carbocycles. The zero-order chi connectivity index (χ0) is 17.2. The number of hydrogen-bond donors (Lipinski definition) is 1. The molecule has 0 amide bonds. The highest BCUT2D eigenvalue weighted by molar-refractivity contribution is 7.09. The van der Waals surface area contributed by atoms with Crippen molar-refractivity contribution >= 4 is 28.2 Å². The van der Waals surface area contributed by atoms with Gasteiger partial charge in [0.05, 0.1) is 17.6 Å². The molecule has 3 aromatic heterocycles. The zero-order valence-corrected chi connectivity index (χ0v) is 14.2. The number of anilines is 1. The maximum Gasteiger partial charge on any atom is 0.221 e. The van der Waals surface area contributed by atoms with Gasteiger partial charge in [-0.1, -0.05) is 11.8 Å². The Labute approximate surface area is 148 Å². The van der Waals surface area contributed by atoms with Crippen LogP contribution in [0.1, 0.15) is 23.4 Å². The van der Waals surface area contributed by atoms with E-state index < -0.39 is 0 Å². The van der Waals surface area contributed by atoms with Gasteiger partial charge in [-0.05, 0) is 25.1 Å². The second kappa shape index (κ2) is 6.34. The first kappa shape index (κ1) is 15.3. The summed E-state index contributed by atoms with van der Waals surface area (Å²) < 4.78 is 1.74. The quantitative estimate of drug-likeness (QED) is 0.564. The Morgan fingerprint density at radius 2 is 2.12 bits per heavy atom. The lowest BCUT2D eigenvalue weighted by Crippen LogP contribution is -2.03. The lowest BCUT2D eigenvalue weighted by Gasteiger charge is -2.03. The van der Waals surface area contributed by atoms with E-state index in [2.05, 4.69) is 38.8 Å². The summed E-state index contributed by atoms with van der Waals surface area (Å²) in [6.45, 7) is 2.05. The number of rotatable bonds is 2. The van der Waals surface area contributed by atoms with E-state index >= 15 is 0 Å². The van der Waals surface area contributed by atoms with Crippen LogP contribution in [0.3, 0.4) is 0 Å². The molecule has 0 saturated heterocycles. The first-order valence-electron chi connectivity index (χ1n) is 7.68. The number of thiazole rings is 1. The predicted molar refractivity (Wildman–Crippen MR) is 98.5 cm³/mol. The summed E-state index contributed by atoms with van der Waals surface area (Å²) in [5, 5.41) is 8.39. The summed E-state index contributed by atoms with van der Waals surface area (Å²) in [7, 11) is 0. The summed E-state index contributed by atoms with van der Waals surface area (Å²) >= 11 is 1.62. The number of hydrogen-bond acceptors (Lipinski definition) is 6. The van der Waals surface area contributed by atoms with E-state index in [0.717, 1.165) is 21.5 Å². The third-order valence-corrected chi connectivity index (χ3v) is 4.66. The second-order valence-electron chi connectivity index (χ2n) is 5.46. The number of nitrogens with two attached hydrogens (primary N) is 1. The molecule has 1 unspecified atom stereocenters. The van der Waals surface area contributed by atoms with Crippen molar-refractivity contribution < 1.29 is 0 Å². The molecule has 0 fully saturated rings. The zero-order valence-electron chi connectivity index (χ0n) is 13.4. The molecule has 4 aromatic rings. The summed E-state index contributed by atoms with van der Waals surface area (Å²) in [6.07, 6.45) is 5.21. The number of nitrogens with zero attached hydrogens (tertiary/aromatic N) is 5. The molecule has 0 aliphatic carbocycles. The van der Waals surface area contributed by atoms with E-state index in [0.29, 0.717) is 5.82 Å². The van der Waals surface area contributed by atoms with E-state index in [4.69, 9.17) is 5.73 Å². The molecule has 1 atom stereocenters. The van der Waals surface area contributed by atoms with Crippen LogP contribution in [0.15, 0.2) is 48.2 Å². The molecule has 0 saturated carbocycles. The van der Waals surface area contributed by atoms with Gasteiger partial charge in [-0.2, -0.15) is 10.1 Å². The molecule has 7 heteroatoms. The van der Waals surface area contributed by atoms with Crippen molar-refractivity contribution in [3.8, 4) is 17.7 Å². The normalized spacial score (nSPS) is 11.9. The Morgan fingerprint density at radius 3 is 2.92 bits per heavy atom. The monoisotopic (exact) mass is 346 g/mol. The fourth-order valence-electron chi connectivity index (χ4n) is 2.46. The molecule has 25 heavy (non-hydrogen) atoms. The largest absolute Gasteiger partial charge is 0.368 e. The molecular weight excluding hydrogens is 332 g/mol. The average Bonchev–Trinajstić information content (AvgIpc) is 3.29. The fourth-order valence-corrected chi connectivity index (χ4v) is 3.11. The van der Waals surface area contributed by atoms with Gasteiger partial charge in [0.15, 0.2) is 5.82 Å². The Balaban J connectivity index is 1.72. The molecule has 4 rings (SSSR count). The number of fused-ring (bicyclic) bond motifs is 1. The van der Waals surface area contributed by atoms with Gasteiger partial charge in [0.1, 0.15) is 5.01 Å². The Bertz CT molecular complexity index is 1090. The molecule has 2 N–H and O–H groups in total. The predicted octanol–water partition coefficient (Wildman–Crippen LogP) is 3.01. The van der Waals surface area contributed by atoms with Crippen LogP contribution < -0.4 is 5.73 Å². The average molecular weight is 346 g/mol. The van der Waals surface area contributed by atoms with Gasteiger partial charge in [-0.3, -0.25) is 0 Å². The topological polar surface area (TPSA) is 82.5 Å². The summed E-state index contributed by atoms with van der Waals surface area (Å²) in [6, 6.07) is 7.76. The number of benzene rings is 1. The minimum absolute atomic E-state index is 0.0993. The van der Waals surface area contributed by atoms with Crippen molar-refractivity contribution in [3.63, 3.8) is 0 Å². The van der Waals surface area contributed by atoms with Gasteiger partial charge in [0, 0.05) is 34.8 Å². The van der Waals surface area contributed by atoms with Crippen LogP contribution in [0.4, 0.5) is 5.95 Å². The highest BCUT2D eigenvalue weighted by Crippen LogP contribution is 2.20. The minimum atomic E-state index is 0.0993. The van der Waals surface area contributed by atoms with Gasteiger partial charge in [0.2, 0.25) is 5.95 Å². The van der Waals surface area contributed by atoms with Crippen molar-refractivity contribution in [3.05, 3.63) is 58.8 Å². The van der Waals surface area contributed by atoms with Gasteiger partial charge in [0.25, 0.3) is 0 Å². The van der Waals surface area contributed by atoms with Crippen LogP contribution in [0, 0.1) is 11.8 Å². The smallest absolute Gasteiger partial charge is 0.221 e. The van der Waals surface area contributed by atoms with E-state index in [9.17, 15) is 0 Å². The summed E-state index contributed by atoms with van der Waals surface area (Å²) in [5.41, 5.74) is 7.51. The van der Waals surface area contributed by atoms with Crippen LogP contribution in [-0.4, -0.2) is 24.7 Å². The van der Waals surface area contributed by atoms with E-state index in [1.54, 1.807) is 40.7 Å². The Hall–Kier alpha value is -3.24. The molecule has 0 aliphatic heterocycles. The van der Waals surface area contributed by atoms with Crippen molar-refractivity contribution in [1.29, 1.82) is 0 Å². The SMILES string of the molecule is CC(C#Cc1ccc2cnn(-c3ccnc(N)n3)c2c1)c1nccs1. The lowest BCUT2D eigenvalue weighted by atomic mass is 10.1. The molecular formula is C18H14N6S. The highest BCUT2D eigenvalue weighted by atomic mass is 32.1. The summed E-state index contributed by atoms with van der Waals surface area (Å²) in [5.74, 6) is 7.42. The van der Waals surface area contributed by atoms with Crippen LogP contribution >= 0.6 is 11.3 Å². The Kier molecular flexibility index (Phi) is 3.88. The Morgan fingerprint density at radius 1 is 1.20 bits per heavy atom. The molecule has 122 valence electrons. The molecule has 0 radical (unpaired) electrons. The molecule has 3 heterocycles. The van der Waals surface area contributed by atoms with Crippen LogP contribution in [0.2, 0.25) is 0 Å². The lowest BCUT2D eigenvalue weighted by molar-refractivity contribution is 0.869. The van der Waals surface area contributed by atoms with Crippen LogP contribution in [-0.2, 0) is 0 Å². The van der Waals surface area contributed by atoms with Gasteiger partial charge in [-0.25, -0.2) is 14.6 Å². The van der Waals surface area contributed by atoms with Crippen molar-refractivity contribution in [1.82, 2.24) is 24.7 Å². The molecule has 6 nitrogen and oxygen atoms in total. The van der Waals surface area contributed by atoms with Crippen LogP contribution in [0.5, 0.6) is 0 Å². The third kappa shape index (κ3) is 3.07. The van der Waals surface area contributed by atoms with E-state index in [1.807, 2.05) is 23.6 Å². The standard InChI is InChI=1S/C18H14N6S/c1-12(17-20-8-9-25-17)2-3-13-4-5-14-11-22-24(15(14)10-13)16-6-7-21-18(19)23-16/h4-12H,1H3,(H2,19,21,23). The van der Waals surface area contributed by atoms with E-state index in [-0.39, 0.29) is 11.9 Å². The van der Waals surface area contributed by atoms with Crippen molar-refractivity contribution in [2.45, 2.75) is 12.8 Å². The third-order valence-electron chi connectivity index (χ3n) is 3.70. The maximum absolute atomic E-state index is 5.68.